The molecule has 0 bridgehead atoms. The number of nitrogens with two attached hydrogens (primary N) is 1. The van der Waals surface area contributed by atoms with Gasteiger partial charge in [-0.05, 0) is 69.8 Å². The van der Waals surface area contributed by atoms with Crippen LogP contribution in [0.4, 0.5) is 10.5 Å². The Morgan fingerprint density at radius 1 is 1.38 bits per heavy atom. The van der Waals surface area contributed by atoms with Crippen LogP contribution < -0.4 is 15.8 Å². The summed E-state index contributed by atoms with van der Waals surface area (Å²) in [6.45, 7) is 10.1. The fraction of sp³-hybridized carbons (Fsp3) is 0.650. The van der Waals surface area contributed by atoms with Crippen LogP contribution in [-0.2, 0) is 11.2 Å². The number of hydrogen-bond acceptors (Lipinski definition) is 5. The zero-order valence-electron chi connectivity index (χ0n) is 16.7. The van der Waals surface area contributed by atoms with E-state index in [0.29, 0.717) is 18.5 Å². The molecule has 0 aromatic heterocycles. The summed E-state index contributed by atoms with van der Waals surface area (Å²) in [5.74, 6) is 1.20. The number of nitrogens with zero attached hydrogens (tertiary/aromatic N) is 1. The van der Waals surface area contributed by atoms with Crippen molar-refractivity contribution >= 4 is 11.8 Å². The highest BCUT2D eigenvalue weighted by Gasteiger charge is 2.30. The van der Waals surface area contributed by atoms with Crippen LogP contribution in [0.25, 0.3) is 0 Å². The predicted molar refractivity (Wildman–Crippen MR) is 104 cm³/mol. The summed E-state index contributed by atoms with van der Waals surface area (Å²) in [6.07, 6.45) is 1.56. The van der Waals surface area contributed by atoms with Crippen LogP contribution >= 0.6 is 0 Å². The van der Waals surface area contributed by atoms with Gasteiger partial charge in [0, 0.05) is 24.8 Å². The number of likely N-dealkylation sites (tertiary alicyclic amines) is 1. The summed E-state index contributed by atoms with van der Waals surface area (Å²) in [7, 11) is 1.66. The van der Waals surface area contributed by atoms with Crippen LogP contribution in [0.3, 0.4) is 0 Å². The molecule has 6 heteroatoms. The molecule has 0 spiro atoms. The number of anilines is 1. The molecule has 0 radical (unpaired) electrons. The fourth-order valence-electron chi connectivity index (χ4n) is 3.26. The van der Waals surface area contributed by atoms with Gasteiger partial charge in [0.15, 0.2) is 0 Å². The number of piperidine rings is 1. The molecule has 1 aliphatic rings. The molecule has 146 valence electrons. The monoisotopic (exact) mass is 363 g/mol. The minimum absolute atomic E-state index is 0.216. The highest BCUT2D eigenvalue weighted by Crippen LogP contribution is 2.21. The lowest BCUT2D eigenvalue weighted by atomic mass is 9.94. The summed E-state index contributed by atoms with van der Waals surface area (Å²) in [5.41, 5.74) is 7.48. The van der Waals surface area contributed by atoms with Crippen molar-refractivity contribution in [1.82, 2.24) is 10.2 Å². The van der Waals surface area contributed by atoms with Gasteiger partial charge < -0.3 is 25.4 Å². The Morgan fingerprint density at radius 3 is 2.73 bits per heavy atom. The van der Waals surface area contributed by atoms with Gasteiger partial charge in [0.25, 0.3) is 0 Å². The van der Waals surface area contributed by atoms with Crippen LogP contribution in [0.5, 0.6) is 5.75 Å². The molecule has 26 heavy (non-hydrogen) atoms. The quantitative estimate of drug-likeness (QED) is 0.786. The highest BCUT2D eigenvalue weighted by atomic mass is 16.6. The number of amides is 1. The Morgan fingerprint density at radius 2 is 2.12 bits per heavy atom. The van der Waals surface area contributed by atoms with E-state index < -0.39 is 5.60 Å². The average Bonchev–Trinajstić information content (AvgIpc) is 2.56. The van der Waals surface area contributed by atoms with Crippen molar-refractivity contribution in [3.8, 4) is 5.75 Å². The number of methoxy groups -OCH3 is 1. The van der Waals surface area contributed by atoms with Crippen molar-refractivity contribution in [1.29, 1.82) is 0 Å². The SMILES string of the molecule is COc1ccc(N)c(CCNC2CCN(C(=O)OC(C)(C)C)CC2C)c1. The van der Waals surface area contributed by atoms with Gasteiger partial charge in [0.2, 0.25) is 0 Å². The maximum Gasteiger partial charge on any atom is 0.410 e. The van der Waals surface area contributed by atoms with Gasteiger partial charge in [-0.25, -0.2) is 4.79 Å². The van der Waals surface area contributed by atoms with Crippen molar-refractivity contribution < 1.29 is 14.3 Å². The van der Waals surface area contributed by atoms with Crippen molar-refractivity contribution in [3.05, 3.63) is 23.8 Å². The fourth-order valence-corrected chi connectivity index (χ4v) is 3.26. The van der Waals surface area contributed by atoms with E-state index in [1.807, 2.05) is 43.9 Å². The van der Waals surface area contributed by atoms with Crippen LogP contribution in [0.15, 0.2) is 18.2 Å². The lowest BCUT2D eigenvalue weighted by molar-refractivity contribution is 0.0144. The van der Waals surface area contributed by atoms with Crippen molar-refractivity contribution in [3.63, 3.8) is 0 Å². The molecule has 0 saturated carbocycles. The molecule has 1 aromatic rings. The number of carbonyl (C=O) groups excluding carboxylic acids is 1. The first-order chi connectivity index (χ1) is 12.2. The molecular weight excluding hydrogens is 330 g/mol. The lowest BCUT2D eigenvalue weighted by Crippen LogP contribution is -2.51. The summed E-state index contributed by atoms with van der Waals surface area (Å²) >= 11 is 0. The number of nitrogens with one attached hydrogen (secondary N) is 1. The Labute approximate surface area is 157 Å². The summed E-state index contributed by atoms with van der Waals surface area (Å²) in [6, 6.07) is 6.14. The number of ether oxygens (including phenoxy) is 2. The van der Waals surface area contributed by atoms with E-state index in [2.05, 4.69) is 12.2 Å². The molecule has 6 nitrogen and oxygen atoms in total. The minimum atomic E-state index is -0.452. The third kappa shape index (κ3) is 5.80. The Bertz CT molecular complexity index is 613. The molecule has 0 aliphatic carbocycles. The van der Waals surface area contributed by atoms with Crippen LogP contribution in [0.1, 0.15) is 39.7 Å². The van der Waals surface area contributed by atoms with E-state index in [-0.39, 0.29) is 6.09 Å². The van der Waals surface area contributed by atoms with Gasteiger partial charge in [-0.15, -0.1) is 0 Å². The molecule has 3 N–H and O–H groups in total. The molecule has 1 aliphatic heterocycles. The summed E-state index contributed by atoms with van der Waals surface area (Å²) in [5, 5.41) is 3.62. The second-order valence-corrected chi connectivity index (χ2v) is 8.07. The van der Waals surface area contributed by atoms with Crippen LogP contribution in [-0.4, -0.2) is 49.4 Å². The van der Waals surface area contributed by atoms with E-state index >= 15 is 0 Å². The third-order valence-corrected chi connectivity index (χ3v) is 4.71. The Kier molecular flexibility index (Phi) is 6.75. The zero-order chi connectivity index (χ0) is 19.3. The van der Waals surface area contributed by atoms with Gasteiger partial charge in [-0.3, -0.25) is 0 Å². The molecule has 2 unspecified atom stereocenters. The maximum atomic E-state index is 12.2. The molecule has 2 rings (SSSR count). The van der Waals surface area contributed by atoms with Gasteiger partial charge in [-0.2, -0.15) is 0 Å². The van der Waals surface area contributed by atoms with E-state index in [1.54, 1.807) is 7.11 Å². The maximum absolute atomic E-state index is 12.2. The molecule has 2 atom stereocenters. The molecule has 1 heterocycles. The predicted octanol–water partition coefficient (Wildman–Crippen LogP) is 3.06. The average molecular weight is 364 g/mol. The Hall–Kier alpha value is -1.95. The van der Waals surface area contributed by atoms with E-state index in [1.165, 1.54) is 0 Å². The topological polar surface area (TPSA) is 76.8 Å². The smallest absolute Gasteiger partial charge is 0.410 e. The zero-order valence-corrected chi connectivity index (χ0v) is 16.7. The molecule has 1 saturated heterocycles. The number of benzene rings is 1. The number of nitrogen functional groups attached to an aromatic ring is 1. The van der Waals surface area contributed by atoms with Gasteiger partial charge in [0.05, 0.1) is 7.11 Å². The minimum Gasteiger partial charge on any atom is -0.497 e. The van der Waals surface area contributed by atoms with Crippen LogP contribution in [0.2, 0.25) is 0 Å². The third-order valence-electron chi connectivity index (χ3n) is 4.71. The first-order valence-corrected chi connectivity index (χ1v) is 9.33. The first-order valence-electron chi connectivity index (χ1n) is 9.33. The summed E-state index contributed by atoms with van der Waals surface area (Å²) < 4.78 is 10.7. The molecule has 1 aromatic carbocycles. The lowest BCUT2D eigenvalue weighted by Gasteiger charge is -2.38. The van der Waals surface area contributed by atoms with E-state index in [9.17, 15) is 4.79 Å². The normalized spacial score (nSPS) is 20.7. The van der Waals surface area contributed by atoms with Gasteiger partial charge in [0.1, 0.15) is 11.4 Å². The molecule has 1 fully saturated rings. The van der Waals surface area contributed by atoms with Gasteiger partial charge in [-0.1, -0.05) is 6.92 Å². The first kappa shape index (κ1) is 20.4. The van der Waals surface area contributed by atoms with Crippen LogP contribution in [0, 0.1) is 5.92 Å². The Balaban J connectivity index is 1.81. The molecular formula is C20H33N3O3. The number of carbonyl (C=O) groups is 1. The largest absolute Gasteiger partial charge is 0.497 e. The number of hydrogen-bond donors (Lipinski definition) is 2. The van der Waals surface area contributed by atoms with Gasteiger partial charge >= 0.3 is 6.09 Å². The highest BCUT2D eigenvalue weighted by molar-refractivity contribution is 5.68. The van der Waals surface area contributed by atoms with E-state index in [4.69, 9.17) is 15.2 Å². The van der Waals surface area contributed by atoms with Crippen molar-refractivity contribution in [2.75, 3.05) is 32.5 Å². The van der Waals surface area contributed by atoms with Crippen molar-refractivity contribution in [2.45, 2.75) is 52.2 Å². The second kappa shape index (κ2) is 8.62. The van der Waals surface area contributed by atoms with Crippen molar-refractivity contribution in [2.24, 2.45) is 5.92 Å². The number of rotatable bonds is 5. The van der Waals surface area contributed by atoms with E-state index in [0.717, 1.165) is 42.9 Å². The standard InChI is InChI=1S/C20H33N3O3/c1-14-13-23(19(24)26-20(2,3)4)11-9-18(14)22-10-8-15-12-16(25-5)6-7-17(15)21/h6-7,12,14,18,22H,8-11,13,21H2,1-5H3. The second-order valence-electron chi connectivity index (χ2n) is 8.07. The summed E-state index contributed by atoms with van der Waals surface area (Å²) in [4.78, 5) is 14.0. The molecule has 1 amide bonds.